The Morgan fingerprint density at radius 1 is 1.22 bits per heavy atom. The lowest BCUT2D eigenvalue weighted by molar-refractivity contribution is 0.151. The summed E-state index contributed by atoms with van der Waals surface area (Å²) in [6.45, 7) is 2.52. The Labute approximate surface area is 107 Å². The van der Waals surface area contributed by atoms with E-state index in [0.717, 1.165) is 44.5 Å². The summed E-state index contributed by atoms with van der Waals surface area (Å²) < 4.78 is 29.9. The van der Waals surface area contributed by atoms with Gasteiger partial charge in [-0.25, -0.2) is 8.78 Å². The van der Waals surface area contributed by atoms with Gasteiger partial charge in [-0.2, -0.15) is 0 Å². The Bertz CT molecular complexity index is 331. The van der Waals surface area contributed by atoms with E-state index in [0.29, 0.717) is 0 Å². The molecule has 0 spiro atoms. The first-order valence-electron chi connectivity index (χ1n) is 6.30. The number of unbranched alkanes of at least 4 members (excludes halogenated alkanes) is 1. The molecule has 0 aliphatic carbocycles. The number of rotatable bonds is 9. The van der Waals surface area contributed by atoms with Gasteiger partial charge in [-0.3, -0.25) is 0 Å². The topological polar surface area (TPSA) is 21.3 Å². The Hall–Kier alpha value is -1.00. The molecule has 0 saturated carbocycles. The number of methoxy groups -OCH3 is 1. The largest absolute Gasteiger partial charge is 0.383 e. The molecule has 0 radical (unpaired) electrons. The predicted molar refractivity (Wildman–Crippen MR) is 69.1 cm³/mol. The van der Waals surface area contributed by atoms with Crippen LogP contribution in [0.5, 0.6) is 0 Å². The number of hydrogen-bond acceptors (Lipinski definition) is 2. The highest BCUT2D eigenvalue weighted by Crippen LogP contribution is 2.20. The smallest absolute Gasteiger partial charge is 0.263 e. The standard InChI is InChI=1S/C14H21F2NO/c1-18-10-9-17-8-3-2-5-12-6-4-7-13(11-12)14(15)16/h4,6-7,11,14,17H,2-3,5,8-10H2,1H3. The Morgan fingerprint density at radius 3 is 2.78 bits per heavy atom. The highest BCUT2D eigenvalue weighted by molar-refractivity contribution is 5.24. The summed E-state index contributed by atoms with van der Waals surface area (Å²) in [4.78, 5) is 0. The minimum atomic E-state index is -2.37. The number of alkyl halides is 2. The van der Waals surface area contributed by atoms with Crippen LogP contribution in [0.4, 0.5) is 8.78 Å². The first-order chi connectivity index (χ1) is 8.74. The molecule has 0 saturated heterocycles. The number of halogens is 2. The van der Waals surface area contributed by atoms with Crippen molar-refractivity contribution in [1.82, 2.24) is 5.32 Å². The van der Waals surface area contributed by atoms with Gasteiger partial charge < -0.3 is 10.1 Å². The molecule has 0 atom stereocenters. The van der Waals surface area contributed by atoms with Crippen LogP contribution in [-0.4, -0.2) is 26.8 Å². The molecular weight excluding hydrogens is 236 g/mol. The summed E-state index contributed by atoms with van der Waals surface area (Å²) in [5.74, 6) is 0. The van der Waals surface area contributed by atoms with Crippen molar-refractivity contribution >= 4 is 0 Å². The van der Waals surface area contributed by atoms with Crippen LogP contribution < -0.4 is 5.32 Å². The number of aryl methyl sites for hydroxylation is 1. The minimum absolute atomic E-state index is 0.116. The molecule has 0 heterocycles. The molecule has 0 amide bonds. The Morgan fingerprint density at radius 2 is 2.06 bits per heavy atom. The van der Waals surface area contributed by atoms with E-state index in [2.05, 4.69) is 5.32 Å². The SMILES string of the molecule is COCCNCCCCc1cccc(C(F)F)c1. The molecular formula is C14H21F2NO. The zero-order valence-electron chi connectivity index (χ0n) is 10.8. The van der Waals surface area contributed by atoms with E-state index in [1.165, 1.54) is 6.07 Å². The fourth-order valence-electron chi connectivity index (χ4n) is 1.76. The number of benzene rings is 1. The lowest BCUT2D eigenvalue weighted by atomic mass is 10.1. The average molecular weight is 257 g/mol. The summed E-state index contributed by atoms with van der Waals surface area (Å²) >= 11 is 0. The van der Waals surface area contributed by atoms with Gasteiger partial charge in [-0.15, -0.1) is 0 Å². The molecule has 0 bridgehead atoms. The molecule has 1 rings (SSSR count). The second-order valence-electron chi connectivity index (χ2n) is 4.25. The van der Waals surface area contributed by atoms with Gasteiger partial charge in [-0.05, 0) is 31.4 Å². The maximum absolute atomic E-state index is 12.5. The fraction of sp³-hybridized carbons (Fsp3) is 0.571. The van der Waals surface area contributed by atoms with Crippen molar-refractivity contribution in [3.8, 4) is 0 Å². The van der Waals surface area contributed by atoms with Crippen LogP contribution in [-0.2, 0) is 11.2 Å². The molecule has 1 N–H and O–H groups in total. The third-order valence-electron chi connectivity index (χ3n) is 2.75. The zero-order valence-corrected chi connectivity index (χ0v) is 10.8. The van der Waals surface area contributed by atoms with Gasteiger partial charge in [0, 0.05) is 19.2 Å². The molecule has 102 valence electrons. The van der Waals surface area contributed by atoms with Crippen LogP contribution in [0.15, 0.2) is 24.3 Å². The van der Waals surface area contributed by atoms with E-state index in [-0.39, 0.29) is 5.56 Å². The van der Waals surface area contributed by atoms with Crippen LogP contribution in [0.25, 0.3) is 0 Å². The lowest BCUT2D eigenvalue weighted by Crippen LogP contribution is -2.20. The van der Waals surface area contributed by atoms with Crippen molar-refractivity contribution in [2.75, 3.05) is 26.8 Å². The van der Waals surface area contributed by atoms with Gasteiger partial charge in [0.2, 0.25) is 0 Å². The normalized spacial score (nSPS) is 11.1. The summed E-state index contributed by atoms with van der Waals surface area (Å²) in [5, 5.41) is 3.26. The maximum atomic E-state index is 12.5. The van der Waals surface area contributed by atoms with Crippen molar-refractivity contribution in [1.29, 1.82) is 0 Å². The second kappa shape index (κ2) is 9.00. The van der Waals surface area contributed by atoms with Crippen molar-refractivity contribution in [3.05, 3.63) is 35.4 Å². The van der Waals surface area contributed by atoms with Crippen molar-refractivity contribution in [2.24, 2.45) is 0 Å². The van der Waals surface area contributed by atoms with Crippen LogP contribution >= 0.6 is 0 Å². The van der Waals surface area contributed by atoms with Gasteiger partial charge in [0.1, 0.15) is 0 Å². The minimum Gasteiger partial charge on any atom is -0.383 e. The van der Waals surface area contributed by atoms with Crippen LogP contribution in [0.1, 0.15) is 30.4 Å². The molecule has 0 aromatic heterocycles. The predicted octanol–water partition coefficient (Wildman–Crippen LogP) is 3.18. The van der Waals surface area contributed by atoms with Crippen LogP contribution in [0.3, 0.4) is 0 Å². The fourth-order valence-corrected chi connectivity index (χ4v) is 1.76. The summed E-state index contributed by atoms with van der Waals surface area (Å²) in [5.41, 5.74) is 1.11. The monoisotopic (exact) mass is 257 g/mol. The van der Waals surface area contributed by atoms with Gasteiger partial charge >= 0.3 is 0 Å². The third-order valence-corrected chi connectivity index (χ3v) is 2.75. The molecule has 0 aliphatic rings. The quantitative estimate of drug-likeness (QED) is 0.686. The second-order valence-corrected chi connectivity index (χ2v) is 4.25. The first kappa shape index (κ1) is 15.1. The van der Waals surface area contributed by atoms with Gasteiger partial charge in [0.25, 0.3) is 6.43 Å². The van der Waals surface area contributed by atoms with Gasteiger partial charge in [0.05, 0.1) is 6.61 Å². The summed E-state index contributed by atoms with van der Waals surface area (Å²) in [7, 11) is 1.68. The molecule has 0 aliphatic heterocycles. The molecule has 0 fully saturated rings. The molecule has 2 nitrogen and oxygen atoms in total. The molecule has 1 aromatic rings. The lowest BCUT2D eigenvalue weighted by Gasteiger charge is -2.06. The summed E-state index contributed by atoms with van der Waals surface area (Å²) in [6, 6.07) is 6.68. The van der Waals surface area contributed by atoms with E-state index >= 15 is 0 Å². The van der Waals surface area contributed by atoms with E-state index < -0.39 is 6.43 Å². The number of nitrogens with one attached hydrogen (secondary N) is 1. The highest BCUT2D eigenvalue weighted by atomic mass is 19.3. The maximum Gasteiger partial charge on any atom is 0.263 e. The van der Waals surface area contributed by atoms with Crippen LogP contribution in [0.2, 0.25) is 0 Å². The van der Waals surface area contributed by atoms with Gasteiger partial charge in [0.15, 0.2) is 0 Å². The van der Waals surface area contributed by atoms with E-state index in [4.69, 9.17) is 4.74 Å². The van der Waals surface area contributed by atoms with Gasteiger partial charge in [-0.1, -0.05) is 24.3 Å². The van der Waals surface area contributed by atoms with Crippen LogP contribution in [0, 0.1) is 0 Å². The molecule has 4 heteroatoms. The van der Waals surface area contributed by atoms with E-state index in [1.807, 2.05) is 6.07 Å². The number of hydrogen-bond donors (Lipinski definition) is 1. The molecule has 1 aromatic carbocycles. The van der Waals surface area contributed by atoms with Crippen molar-refractivity contribution in [3.63, 3.8) is 0 Å². The Kier molecular flexibility index (Phi) is 7.53. The zero-order chi connectivity index (χ0) is 13.2. The summed E-state index contributed by atoms with van der Waals surface area (Å²) in [6.07, 6.45) is 0.530. The Balaban J connectivity index is 2.17. The number of ether oxygens (including phenoxy) is 1. The molecule has 0 unspecified atom stereocenters. The van der Waals surface area contributed by atoms with Crippen molar-refractivity contribution < 1.29 is 13.5 Å². The third kappa shape index (κ3) is 6.07. The highest BCUT2D eigenvalue weighted by Gasteiger charge is 2.06. The average Bonchev–Trinajstić information content (AvgIpc) is 2.38. The first-order valence-corrected chi connectivity index (χ1v) is 6.30. The molecule has 18 heavy (non-hydrogen) atoms. The van der Waals surface area contributed by atoms with E-state index in [9.17, 15) is 8.78 Å². The van der Waals surface area contributed by atoms with Crippen molar-refractivity contribution in [2.45, 2.75) is 25.7 Å². The van der Waals surface area contributed by atoms with E-state index in [1.54, 1.807) is 19.2 Å².